The number of thiophene rings is 1. The van der Waals surface area contributed by atoms with Gasteiger partial charge in [0.25, 0.3) is 0 Å². The van der Waals surface area contributed by atoms with Crippen LogP contribution in [-0.2, 0) is 6.54 Å². The molecule has 0 saturated carbocycles. The number of furan rings is 1. The quantitative estimate of drug-likeness (QED) is 0.261. The van der Waals surface area contributed by atoms with Gasteiger partial charge in [0.15, 0.2) is 5.96 Å². The van der Waals surface area contributed by atoms with E-state index in [4.69, 9.17) is 8.83 Å². The van der Waals surface area contributed by atoms with Crippen LogP contribution in [0.2, 0.25) is 0 Å². The summed E-state index contributed by atoms with van der Waals surface area (Å²) in [5.41, 5.74) is 0.843. The Morgan fingerprint density at radius 1 is 1.20 bits per heavy atom. The number of aliphatic imine (C=N–C) groups is 1. The van der Waals surface area contributed by atoms with E-state index in [9.17, 15) is 0 Å². The second-order valence-electron chi connectivity index (χ2n) is 7.06. The number of nitrogens with one attached hydrogen (secondary N) is 2. The molecule has 162 valence electrons. The van der Waals surface area contributed by atoms with Gasteiger partial charge in [-0.1, -0.05) is 12.5 Å². The van der Waals surface area contributed by atoms with Gasteiger partial charge in [0.1, 0.15) is 12.0 Å². The monoisotopic (exact) mass is 541 g/mol. The van der Waals surface area contributed by atoms with Crippen LogP contribution < -0.4 is 10.6 Å². The molecule has 2 N–H and O–H groups in total. The van der Waals surface area contributed by atoms with E-state index in [1.807, 2.05) is 23.6 Å². The predicted octanol–water partition coefficient (Wildman–Crippen LogP) is 4.51. The molecular weight excluding hydrogens is 513 g/mol. The van der Waals surface area contributed by atoms with Crippen molar-refractivity contribution in [2.24, 2.45) is 4.99 Å². The summed E-state index contributed by atoms with van der Waals surface area (Å²) in [5.74, 6) is 2.38. The van der Waals surface area contributed by atoms with Gasteiger partial charge < -0.3 is 19.5 Å². The standard InChI is InChI=1S/C21H27N5O2S.HI/c1-22-21(23-13-16-15-28-20(25-16)19-8-6-12-29-19)24-14-17(18-7-5-11-27-18)26-9-3-2-4-10-26;/h5-8,11-12,15,17H,2-4,9-10,13-14H2,1H3,(H2,22,23,24);1H. The molecule has 9 heteroatoms. The van der Waals surface area contributed by atoms with Crippen LogP contribution in [-0.4, -0.2) is 42.5 Å². The molecule has 0 radical (unpaired) electrons. The highest BCUT2D eigenvalue weighted by Crippen LogP contribution is 2.25. The van der Waals surface area contributed by atoms with E-state index in [1.165, 1.54) is 19.3 Å². The molecule has 1 unspecified atom stereocenters. The molecule has 3 aromatic rings. The van der Waals surface area contributed by atoms with Crippen molar-refractivity contribution in [1.29, 1.82) is 0 Å². The number of halogens is 1. The average molecular weight is 541 g/mol. The van der Waals surface area contributed by atoms with Gasteiger partial charge in [-0.25, -0.2) is 4.98 Å². The highest BCUT2D eigenvalue weighted by atomic mass is 127. The van der Waals surface area contributed by atoms with Crippen LogP contribution in [0.15, 0.2) is 56.0 Å². The van der Waals surface area contributed by atoms with Gasteiger partial charge in [0.2, 0.25) is 5.89 Å². The summed E-state index contributed by atoms with van der Waals surface area (Å²) in [7, 11) is 1.78. The maximum atomic E-state index is 5.72. The average Bonchev–Trinajstić information content (AvgIpc) is 3.53. The lowest BCUT2D eigenvalue weighted by atomic mass is 10.1. The number of piperidine rings is 1. The first kappa shape index (κ1) is 22.8. The van der Waals surface area contributed by atoms with Crippen LogP contribution in [0.1, 0.15) is 36.8 Å². The van der Waals surface area contributed by atoms with Crippen molar-refractivity contribution in [3.05, 3.63) is 53.6 Å². The Morgan fingerprint density at radius 2 is 2.07 bits per heavy atom. The maximum absolute atomic E-state index is 5.72. The van der Waals surface area contributed by atoms with Gasteiger partial charge in [0.05, 0.1) is 29.4 Å². The van der Waals surface area contributed by atoms with Crippen LogP contribution in [0.3, 0.4) is 0 Å². The number of hydrogen-bond donors (Lipinski definition) is 2. The summed E-state index contributed by atoms with van der Waals surface area (Å²) in [4.78, 5) is 12.4. The number of rotatable bonds is 7. The van der Waals surface area contributed by atoms with Crippen LogP contribution in [0.4, 0.5) is 0 Å². The fraction of sp³-hybridized carbons (Fsp3) is 0.429. The lowest BCUT2D eigenvalue weighted by molar-refractivity contribution is 0.146. The van der Waals surface area contributed by atoms with Crippen LogP contribution in [0, 0.1) is 0 Å². The van der Waals surface area contributed by atoms with Crippen molar-refractivity contribution in [2.75, 3.05) is 26.7 Å². The molecule has 7 nitrogen and oxygen atoms in total. The molecule has 0 aliphatic carbocycles. The van der Waals surface area contributed by atoms with Gasteiger partial charge in [-0.3, -0.25) is 9.89 Å². The van der Waals surface area contributed by atoms with E-state index in [0.717, 1.165) is 41.9 Å². The zero-order valence-electron chi connectivity index (χ0n) is 17.0. The fourth-order valence-corrected chi connectivity index (χ4v) is 4.27. The molecule has 4 heterocycles. The molecule has 0 bridgehead atoms. The van der Waals surface area contributed by atoms with Gasteiger partial charge >= 0.3 is 0 Å². The molecule has 1 fully saturated rings. The number of likely N-dealkylation sites (tertiary alicyclic amines) is 1. The van der Waals surface area contributed by atoms with E-state index in [-0.39, 0.29) is 30.0 Å². The Balaban J connectivity index is 0.00000256. The van der Waals surface area contributed by atoms with Crippen molar-refractivity contribution in [2.45, 2.75) is 31.8 Å². The van der Waals surface area contributed by atoms with Crippen LogP contribution >= 0.6 is 35.3 Å². The second-order valence-corrected chi connectivity index (χ2v) is 8.00. The van der Waals surface area contributed by atoms with Crippen LogP contribution in [0.25, 0.3) is 10.8 Å². The third kappa shape index (κ3) is 5.86. The van der Waals surface area contributed by atoms with Gasteiger partial charge in [-0.15, -0.1) is 35.3 Å². The highest BCUT2D eigenvalue weighted by Gasteiger charge is 2.24. The highest BCUT2D eigenvalue weighted by molar-refractivity contribution is 14.0. The summed E-state index contributed by atoms with van der Waals surface area (Å²) in [6, 6.07) is 8.20. The lowest BCUT2D eigenvalue weighted by Gasteiger charge is -2.33. The first-order valence-corrected chi connectivity index (χ1v) is 10.9. The molecular formula is C21H28IN5O2S. The van der Waals surface area contributed by atoms with E-state index in [0.29, 0.717) is 12.4 Å². The first-order chi connectivity index (χ1) is 14.3. The zero-order valence-corrected chi connectivity index (χ0v) is 20.2. The van der Waals surface area contributed by atoms with E-state index in [2.05, 4.69) is 31.6 Å². The van der Waals surface area contributed by atoms with E-state index < -0.39 is 0 Å². The number of aromatic nitrogens is 1. The third-order valence-corrected chi connectivity index (χ3v) is 5.97. The molecule has 4 rings (SSSR count). The summed E-state index contributed by atoms with van der Waals surface area (Å²) in [5, 5.41) is 8.77. The van der Waals surface area contributed by atoms with Crippen molar-refractivity contribution in [3.8, 4) is 10.8 Å². The normalized spacial score (nSPS) is 16.1. The number of nitrogens with zero attached hydrogens (tertiary/aromatic N) is 3. The van der Waals surface area contributed by atoms with Gasteiger partial charge in [-0.2, -0.15) is 0 Å². The Labute approximate surface area is 198 Å². The van der Waals surface area contributed by atoms with Crippen molar-refractivity contribution < 1.29 is 8.83 Å². The summed E-state index contributed by atoms with van der Waals surface area (Å²) >= 11 is 1.62. The number of guanidine groups is 1. The SMILES string of the molecule is CN=C(NCc1coc(-c2cccs2)n1)NCC(c1ccco1)N1CCCCC1.I. The smallest absolute Gasteiger partial charge is 0.236 e. The van der Waals surface area contributed by atoms with Gasteiger partial charge in [0, 0.05) is 13.6 Å². The molecule has 0 spiro atoms. The molecule has 1 atom stereocenters. The minimum absolute atomic E-state index is 0. The van der Waals surface area contributed by atoms with Crippen molar-refractivity contribution in [1.82, 2.24) is 20.5 Å². The second kappa shape index (κ2) is 11.5. The Morgan fingerprint density at radius 3 is 2.77 bits per heavy atom. The molecule has 0 aromatic carbocycles. The Hall–Kier alpha value is -1.85. The predicted molar refractivity (Wildman–Crippen MR) is 130 cm³/mol. The molecule has 30 heavy (non-hydrogen) atoms. The summed E-state index contributed by atoms with van der Waals surface area (Å²) < 4.78 is 11.3. The molecule has 1 saturated heterocycles. The fourth-order valence-electron chi connectivity index (χ4n) is 3.61. The Bertz CT molecular complexity index is 889. The maximum Gasteiger partial charge on any atom is 0.236 e. The number of oxazole rings is 1. The topological polar surface area (TPSA) is 78.8 Å². The third-order valence-electron chi connectivity index (χ3n) is 5.11. The molecule has 3 aromatic heterocycles. The lowest BCUT2D eigenvalue weighted by Crippen LogP contribution is -2.44. The molecule has 0 amide bonds. The minimum atomic E-state index is 0. The number of hydrogen-bond acceptors (Lipinski definition) is 6. The molecule has 1 aliphatic heterocycles. The Kier molecular flexibility index (Phi) is 8.76. The molecule has 1 aliphatic rings. The van der Waals surface area contributed by atoms with Crippen molar-refractivity contribution in [3.63, 3.8) is 0 Å². The summed E-state index contributed by atoms with van der Waals surface area (Å²) in [6.45, 7) is 3.48. The zero-order chi connectivity index (χ0) is 19.9. The van der Waals surface area contributed by atoms with Crippen LogP contribution in [0.5, 0.6) is 0 Å². The van der Waals surface area contributed by atoms with E-state index in [1.54, 1.807) is 30.9 Å². The van der Waals surface area contributed by atoms with Gasteiger partial charge in [-0.05, 0) is 49.5 Å². The minimum Gasteiger partial charge on any atom is -0.468 e. The van der Waals surface area contributed by atoms with E-state index >= 15 is 0 Å². The van der Waals surface area contributed by atoms with Crippen molar-refractivity contribution >= 4 is 41.3 Å². The summed E-state index contributed by atoms with van der Waals surface area (Å²) in [6.07, 6.45) is 7.22. The first-order valence-electron chi connectivity index (χ1n) is 10.0. The largest absolute Gasteiger partial charge is 0.468 e.